The summed E-state index contributed by atoms with van der Waals surface area (Å²) >= 11 is 0. The standard InChI is InChI=1S/C15H15F3O2/c16-15(17,18)14(20,10-19)13-9-5-4-8-12(13)11-6-2-1-3-7-11/h1-3,6-8,10,13,20H,4-5,9H2. The fourth-order valence-corrected chi connectivity index (χ4v) is 2.63. The zero-order valence-electron chi connectivity index (χ0n) is 10.7. The van der Waals surface area contributed by atoms with Gasteiger partial charge in [-0.3, -0.25) is 4.79 Å². The quantitative estimate of drug-likeness (QED) is 0.864. The first-order valence-corrected chi connectivity index (χ1v) is 6.41. The van der Waals surface area contributed by atoms with Crippen molar-refractivity contribution in [1.29, 1.82) is 0 Å². The third-order valence-corrected chi connectivity index (χ3v) is 3.71. The summed E-state index contributed by atoms with van der Waals surface area (Å²) in [5.74, 6) is -1.25. The highest BCUT2D eigenvalue weighted by atomic mass is 19.4. The molecule has 1 aliphatic rings. The molecule has 2 atom stereocenters. The SMILES string of the molecule is O=CC(O)(C1CCCC=C1c1ccccc1)C(F)(F)F. The van der Waals surface area contributed by atoms with Gasteiger partial charge in [-0.2, -0.15) is 13.2 Å². The number of aliphatic hydroxyl groups is 1. The summed E-state index contributed by atoms with van der Waals surface area (Å²) in [6.45, 7) is 0. The van der Waals surface area contributed by atoms with Crippen molar-refractivity contribution in [1.82, 2.24) is 0 Å². The molecule has 0 aromatic heterocycles. The van der Waals surface area contributed by atoms with E-state index in [1.807, 2.05) is 0 Å². The second kappa shape index (κ2) is 5.40. The van der Waals surface area contributed by atoms with Crippen LogP contribution in [0, 0.1) is 5.92 Å². The maximum absolute atomic E-state index is 13.1. The number of benzene rings is 1. The molecule has 2 rings (SSSR count). The van der Waals surface area contributed by atoms with Crippen LogP contribution in [0.1, 0.15) is 24.8 Å². The van der Waals surface area contributed by atoms with E-state index in [9.17, 15) is 23.1 Å². The van der Waals surface area contributed by atoms with Crippen LogP contribution in [0.5, 0.6) is 0 Å². The van der Waals surface area contributed by atoms with Crippen LogP contribution in [0.2, 0.25) is 0 Å². The van der Waals surface area contributed by atoms with Crippen LogP contribution in [0.3, 0.4) is 0 Å². The van der Waals surface area contributed by atoms with E-state index < -0.39 is 17.7 Å². The first-order chi connectivity index (χ1) is 9.40. The Kier molecular flexibility index (Phi) is 3.99. The van der Waals surface area contributed by atoms with Crippen LogP contribution in [0.15, 0.2) is 36.4 Å². The molecule has 0 heterocycles. The zero-order valence-corrected chi connectivity index (χ0v) is 10.7. The van der Waals surface area contributed by atoms with Gasteiger partial charge in [-0.1, -0.05) is 36.4 Å². The number of aldehydes is 1. The molecule has 0 amide bonds. The Morgan fingerprint density at radius 3 is 2.40 bits per heavy atom. The largest absolute Gasteiger partial charge is 0.424 e. The van der Waals surface area contributed by atoms with E-state index >= 15 is 0 Å². The Morgan fingerprint density at radius 1 is 1.20 bits per heavy atom. The molecule has 0 saturated heterocycles. The van der Waals surface area contributed by atoms with Crippen LogP contribution in [-0.4, -0.2) is 23.2 Å². The van der Waals surface area contributed by atoms with Gasteiger partial charge in [0.2, 0.25) is 5.60 Å². The lowest BCUT2D eigenvalue weighted by Crippen LogP contribution is -2.53. The molecule has 20 heavy (non-hydrogen) atoms. The normalized spacial score (nSPS) is 22.8. The summed E-state index contributed by atoms with van der Waals surface area (Å²) in [6.07, 6.45) is -2.37. The predicted octanol–water partition coefficient (Wildman–Crippen LogP) is 3.36. The van der Waals surface area contributed by atoms with Crippen molar-refractivity contribution in [3.05, 3.63) is 42.0 Å². The van der Waals surface area contributed by atoms with Crippen molar-refractivity contribution in [2.45, 2.75) is 31.0 Å². The smallest absolute Gasteiger partial charge is 0.374 e. The number of halogens is 3. The maximum Gasteiger partial charge on any atom is 0.424 e. The van der Waals surface area contributed by atoms with Crippen molar-refractivity contribution in [3.8, 4) is 0 Å². The lowest BCUT2D eigenvalue weighted by Gasteiger charge is -2.36. The van der Waals surface area contributed by atoms with E-state index in [-0.39, 0.29) is 12.7 Å². The van der Waals surface area contributed by atoms with E-state index in [0.717, 1.165) is 0 Å². The number of rotatable bonds is 3. The number of carbonyl (C=O) groups is 1. The van der Waals surface area contributed by atoms with Gasteiger partial charge in [-0.25, -0.2) is 0 Å². The Morgan fingerprint density at radius 2 is 1.85 bits per heavy atom. The molecule has 2 unspecified atom stereocenters. The van der Waals surface area contributed by atoms with Crippen LogP contribution in [-0.2, 0) is 4.79 Å². The minimum absolute atomic E-state index is 0.134. The van der Waals surface area contributed by atoms with Crippen LogP contribution >= 0.6 is 0 Å². The molecule has 0 spiro atoms. The van der Waals surface area contributed by atoms with Crippen LogP contribution in [0.4, 0.5) is 13.2 Å². The molecule has 2 nitrogen and oxygen atoms in total. The molecule has 1 N–H and O–H groups in total. The predicted molar refractivity (Wildman–Crippen MR) is 68.8 cm³/mol. The molecule has 0 radical (unpaired) electrons. The van der Waals surface area contributed by atoms with Gasteiger partial charge >= 0.3 is 6.18 Å². The van der Waals surface area contributed by atoms with E-state index in [4.69, 9.17) is 0 Å². The average Bonchev–Trinajstić information content (AvgIpc) is 2.46. The Labute approximate surface area is 114 Å². The number of allylic oxidation sites excluding steroid dienone is 1. The van der Waals surface area contributed by atoms with E-state index in [1.165, 1.54) is 0 Å². The van der Waals surface area contributed by atoms with Crippen molar-refractivity contribution in [3.63, 3.8) is 0 Å². The van der Waals surface area contributed by atoms with Crippen molar-refractivity contribution in [2.24, 2.45) is 5.92 Å². The summed E-state index contributed by atoms with van der Waals surface area (Å²) in [5.41, 5.74) is -2.32. The topological polar surface area (TPSA) is 37.3 Å². The second-order valence-corrected chi connectivity index (χ2v) is 4.95. The van der Waals surface area contributed by atoms with Gasteiger partial charge in [0, 0.05) is 5.92 Å². The lowest BCUT2D eigenvalue weighted by atomic mass is 9.73. The number of hydrogen-bond acceptors (Lipinski definition) is 2. The summed E-state index contributed by atoms with van der Waals surface area (Å²) in [7, 11) is 0. The fraction of sp³-hybridized carbons (Fsp3) is 0.400. The van der Waals surface area contributed by atoms with Crippen molar-refractivity contribution < 1.29 is 23.1 Å². The third kappa shape index (κ3) is 2.50. The highest BCUT2D eigenvalue weighted by Gasteiger charge is 2.59. The van der Waals surface area contributed by atoms with Gasteiger partial charge in [-0.15, -0.1) is 0 Å². The minimum atomic E-state index is -4.98. The summed E-state index contributed by atoms with van der Waals surface area (Å²) in [4.78, 5) is 11.0. The van der Waals surface area contributed by atoms with E-state index in [2.05, 4.69) is 0 Å². The van der Waals surface area contributed by atoms with Crippen LogP contribution in [0.25, 0.3) is 5.57 Å². The molecule has 0 fully saturated rings. The summed E-state index contributed by atoms with van der Waals surface area (Å²) in [5, 5.41) is 9.88. The van der Waals surface area contributed by atoms with E-state index in [1.54, 1.807) is 36.4 Å². The minimum Gasteiger partial charge on any atom is -0.374 e. The Balaban J connectivity index is 2.46. The van der Waals surface area contributed by atoms with Gasteiger partial charge < -0.3 is 5.11 Å². The highest BCUT2D eigenvalue weighted by molar-refractivity contribution is 5.76. The first kappa shape index (κ1) is 14.8. The molecule has 0 saturated carbocycles. The molecule has 0 aliphatic heterocycles. The van der Waals surface area contributed by atoms with Gasteiger partial charge in [0.25, 0.3) is 0 Å². The molecule has 108 valence electrons. The molecule has 0 bridgehead atoms. The second-order valence-electron chi connectivity index (χ2n) is 4.95. The number of carbonyl (C=O) groups excluding carboxylic acids is 1. The monoisotopic (exact) mass is 284 g/mol. The highest BCUT2D eigenvalue weighted by Crippen LogP contribution is 2.45. The van der Waals surface area contributed by atoms with Gasteiger partial charge in [0.15, 0.2) is 6.29 Å². The summed E-state index contributed by atoms with van der Waals surface area (Å²) < 4.78 is 39.2. The average molecular weight is 284 g/mol. The van der Waals surface area contributed by atoms with Gasteiger partial charge in [0.1, 0.15) is 0 Å². The van der Waals surface area contributed by atoms with Gasteiger partial charge in [-0.05, 0) is 30.4 Å². The molecule has 1 aromatic rings. The van der Waals surface area contributed by atoms with Crippen molar-refractivity contribution >= 4 is 11.9 Å². The molecule has 5 heteroatoms. The molecular formula is C15H15F3O2. The fourth-order valence-electron chi connectivity index (χ4n) is 2.63. The zero-order chi connectivity index (χ0) is 14.8. The Hall–Kier alpha value is -1.62. The number of hydrogen-bond donors (Lipinski definition) is 1. The molecule has 1 aliphatic carbocycles. The maximum atomic E-state index is 13.1. The van der Waals surface area contributed by atoms with Crippen molar-refractivity contribution in [2.75, 3.05) is 0 Å². The third-order valence-electron chi connectivity index (χ3n) is 3.71. The lowest BCUT2D eigenvalue weighted by molar-refractivity contribution is -0.256. The number of alkyl halides is 3. The summed E-state index contributed by atoms with van der Waals surface area (Å²) in [6, 6.07) is 8.57. The molecule has 1 aromatic carbocycles. The van der Waals surface area contributed by atoms with E-state index in [0.29, 0.717) is 24.0 Å². The first-order valence-electron chi connectivity index (χ1n) is 6.41. The van der Waals surface area contributed by atoms with Crippen LogP contribution < -0.4 is 0 Å². The Bertz CT molecular complexity index is 508. The van der Waals surface area contributed by atoms with Gasteiger partial charge in [0.05, 0.1) is 0 Å². The molecular weight excluding hydrogens is 269 g/mol.